The van der Waals surface area contributed by atoms with E-state index in [1.54, 1.807) is 0 Å². The summed E-state index contributed by atoms with van der Waals surface area (Å²) in [6.45, 7) is 2.69. The molecule has 1 aromatic carbocycles. The van der Waals surface area contributed by atoms with Gasteiger partial charge in [-0.15, -0.1) is 0 Å². The predicted molar refractivity (Wildman–Crippen MR) is 82.8 cm³/mol. The molecule has 1 aromatic rings. The Bertz CT molecular complexity index is 422. The highest BCUT2D eigenvalue weighted by atomic mass is 16.1. The van der Waals surface area contributed by atoms with E-state index < -0.39 is 0 Å². The van der Waals surface area contributed by atoms with Crippen molar-refractivity contribution in [2.24, 2.45) is 5.92 Å². The Hall–Kier alpha value is -1.55. The molecule has 4 heteroatoms. The molecular weight excluding hydrogens is 250 g/mol. The zero-order valence-corrected chi connectivity index (χ0v) is 12.5. The topological polar surface area (TPSA) is 44.4 Å². The van der Waals surface area contributed by atoms with Crippen LogP contribution in [0.25, 0.3) is 0 Å². The maximum Gasteiger partial charge on any atom is 0.220 e. The van der Waals surface area contributed by atoms with Crippen LogP contribution in [0, 0.1) is 5.92 Å². The standard InChI is InChI=1S/C16H25N3O/c1-19(2)15-7-5-13(6-8-15)12-18-16(20)10-14-4-3-9-17-11-14/h5-8,14,17H,3-4,9-12H2,1-2H3,(H,18,20). The molecule has 1 saturated heterocycles. The number of amides is 1. The van der Waals surface area contributed by atoms with Crippen LogP contribution in [0.2, 0.25) is 0 Å². The normalized spacial score (nSPS) is 18.6. The molecule has 1 aliphatic heterocycles. The zero-order valence-electron chi connectivity index (χ0n) is 12.5. The predicted octanol–water partition coefficient (Wildman–Crippen LogP) is 1.76. The lowest BCUT2D eigenvalue weighted by atomic mass is 9.96. The first-order chi connectivity index (χ1) is 9.65. The number of rotatable bonds is 5. The summed E-state index contributed by atoms with van der Waals surface area (Å²) in [6, 6.07) is 8.29. The second-order valence-corrected chi connectivity index (χ2v) is 5.75. The average molecular weight is 275 g/mol. The third kappa shape index (κ3) is 4.53. The highest BCUT2D eigenvalue weighted by Crippen LogP contribution is 2.14. The monoisotopic (exact) mass is 275 g/mol. The number of carbonyl (C=O) groups excluding carboxylic acids is 1. The molecule has 1 aliphatic rings. The number of carbonyl (C=O) groups is 1. The van der Waals surface area contributed by atoms with Gasteiger partial charge in [0.2, 0.25) is 5.91 Å². The molecule has 0 bridgehead atoms. The number of hydrogen-bond acceptors (Lipinski definition) is 3. The third-order valence-corrected chi connectivity index (χ3v) is 3.82. The fourth-order valence-corrected chi connectivity index (χ4v) is 2.55. The van der Waals surface area contributed by atoms with Gasteiger partial charge in [0, 0.05) is 32.7 Å². The molecule has 1 fully saturated rings. The van der Waals surface area contributed by atoms with E-state index in [0.717, 1.165) is 25.1 Å². The van der Waals surface area contributed by atoms with E-state index in [-0.39, 0.29) is 5.91 Å². The van der Waals surface area contributed by atoms with Gasteiger partial charge in [0.25, 0.3) is 0 Å². The van der Waals surface area contributed by atoms with Gasteiger partial charge < -0.3 is 15.5 Å². The summed E-state index contributed by atoms with van der Waals surface area (Å²) in [5.74, 6) is 0.662. The quantitative estimate of drug-likeness (QED) is 0.860. The van der Waals surface area contributed by atoms with Crippen molar-refractivity contribution < 1.29 is 4.79 Å². The SMILES string of the molecule is CN(C)c1ccc(CNC(=O)CC2CCCNC2)cc1. The van der Waals surface area contributed by atoms with Crippen molar-refractivity contribution in [3.05, 3.63) is 29.8 Å². The van der Waals surface area contributed by atoms with E-state index in [4.69, 9.17) is 0 Å². The molecule has 2 N–H and O–H groups in total. The Morgan fingerprint density at radius 1 is 1.35 bits per heavy atom. The minimum atomic E-state index is 0.162. The van der Waals surface area contributed by atoms with Gasteiger partial charge in [-0.05, 0) is 49.5 Å². The lowest BCUT2D eigenvalue weighted by molar-refractivity contribution is -0.122. The van der Waals surface area contributed by atoms with E-state index in [1.807, 2.05) is 14.1 Å². The molecule has 0 radical (unpaired) electrons. The summed E-state index contributed by atoms with van der Waals surface area (Å²) >= 11 is 0. The zero-order chi connectivity index (χ0) is 14.4. The summed E-state index contributed by atoms with van der Waals surface area (Å²) in [5.41, 5.74) is 2.32. The lowest BCUT2D eigenvalue weighted by Gasteiger charge is -2.22. The van der Waals surface area contributed by atoms with Gasteiger partial charge in [-0.25, -0.2) is 0 Å². The van der Waals surface area contributed by atoms with Crippen LogP contribution in [-0.4, -0.2) is 33.1 Å². The minimum absolute atomic E-state index is 0.162. The maximum absolute atomic E-state index is 11.9. The van der Waals surface area contributed by atoms with Crippen molar-refractivity contribution in [1.29, 1.82) is 0 Å². The summed E-state index contributed by atoms with van der Waals surface area (Å²) in [4.78, 5) is 14.0. The second-order valence-electron chi connectivity index (χ2n) is 5.75. The first-order valence-corrected chi connectivity index (χ1v) is 7.39. The van der Waals surface area contributed by atoms with Crippen LogP contribution in [0.3, 0.4) is 0 Å². The van der Waals surface area contributed by atoms with E-state index >= 15 is 0 Å². The smallest absolute Gasteiger partial charge is 0.220 e. The summed E-state index contributed by atoms with van der Waals surface area (Å²) < 4.78 is 0. The van der Waals surface area contributed by atoms with Gasteiger partial charge in [-0.1, -0.05) is 12.1 Å². The van der Waals surface area contributed by atoms with Gasteiger partial charge >= 0.3 is 0 Å². The first-order valence-electron chi connectivity index (χ1n) is 7.39. The van der Waals surface area contributed by atoms with E-state index in [9.17, 15) is 4.79 Å². The van der Waals surface area contributed by atoms with Crippen molar-refractivity contribution in [3.63, 3.8) is 0 Å². The molecule has 1 amide bonds. The Kier molecular flexibility index (Phi) is 5.41. The van der Waals surface area contributed by atoms with Crippen LogP contribution in [0.5, 0.6) is 0 Å². The van der Waals surface area contributed by atoms with Crippen LogP contribution in [0.15, 0.2) is 24.3 Å². The lowest BCUT2D eigenvalue weighted by Crippen LogP contribution is -2.34. The fraction of sp³-hybridized carbons (Fsp3) is 0.562. The molecule has 0 spiro atoms. The van der Waals surface area contributed by atoms with E-state index in [2.05, 4.69) is 39.8 Å². The number of hydrogen-bond donors (Lipinski definition) is 2. The molecule has 110 valence electrons. The number of nitrogens with zero attached hydrogens (tertiary/aromatic N) is 1. The summed E-state index contributed by atoms with van der Waals surface area (Å²) in [6.07, 6.45) is 2.99. The highest BCUT2D eigenvalue weighted by molar-refractivity contribution is 5.76. The van der Waals surface area contributed by atoms with Crippen molar-refractivity contribution >= 4 is 11.6 Å². The third-order valence-electron chi connectivity index (χ3n) is 3.82. The fourth-order valence-electron chi connectivity index (χ4n) is 2.55. The number of benzene rings is 1. The Balaban J connectivity index is 1.74. The van der Waals surface area contributed by atoms with Gasteiger partial charge in [0.15, 0.2) is 0 Å². The molecule has 20 heavy (non-hydrogen) atoms. The Labute approximate surface area is 121 Å². The largest absolute Gasteiger partial charge is 0.378 e. The molecule has 4 nitrogen and oxygen atoms in total. The molecular formula is C16H25N3O. The number of nitrogens with one attached hydrogen (secondary N) is 2. The van der Waals surface area contributed by atoms with Crippen LogP contribution in [0.4, 0.5) is 5.69 Å². The molecule has 1 unspecified atom stereocenters. The van der Waals surface area contributed by atoms with Gasteiger partial charge in [0.1, 0.15) is 0 Å². The summed E-state index contributed by atoms with van der Waals surface area (Å²) in [7, 11) is 4.05. The number of piperidine rings is 1. The van der Waals surface area contributed by atoms with Crippen molar-refractivity contribution in [2.45, 2.75) is 25.8 Å². The molecule has 2 rings (SSSR count). The molecule has 0 saturated carbocycles. The molecule has 1 atom stereocenters. The summed E-state index contributed by atoms with van der Waals surface area (Å²) in [5, 5.41) is 6.36. The maximum atomic E-state index is 11.9. The first kappa shape index (κ1) is 14.9. The van der Waals surface area contributed by atoms with E-state index in [0.29, 0.717) is 18.9 Å². The van der Waals surface area contributed by atoms with Gasteiger partial charge in [0.05, 0.1) is 0 Å². The molecule has 1 heterocycles. The average Bonchev–Trinajstić information content (AvgIpc) is 2.46. The van der Waals surface area contributed by atoms with E-state index in [1.165, 1.54) is 12.1 Å². The van der Waals surface area contributed by atoms with Crippen molar-refractivity contribution in [2.75, 3.05) is 32.1 Å². The molecule has 0 aromatic heterocycles. The van der Waals surface area contributed by atoms with Crippen LogP contribution in [-0.2, 0) is 11.3 Å². The van der Waals surface area contributed by atoms with Crippen molar-refractivity contribution in [1.82, 2.24) is 10.6 Å². The van der Waals surface area contributed by atoms with Crippen LogP contribution in [0.1, 0.15) is 24.8 Å². The highest BCUT2D eigenvalue weighted by Gasteiger charge is 2.16. The van der Waals surface area contributed by atoms with Crippen molar-refractivity contribution in [3.8, 4) is 0 Å². The Morgan fingerprint density at radius 3 is 2.70 bits per heavy atom. The van der Waals surface area contributed by atoms with Crippen LogP contribution < -0.4 is 15.5 Å². The second kappa shape index (κ2) is 7.29. The van der Waals surface area contributed by atoms with Gasteiger partial charge in [-0.2, -0.15) is 0 Å². The van der Waals surface area contributed by atoms with Gasteiger partial charge in [-0.3, -0.25) is 4.79 Å². The number of anilines is 1. The minimum Gasteiger partial charge on any atom is -0.378 e. The van der Waals surface area contributed by atoms with Crippen LogP contribution >= 0.6 is 0 Å². The Morgan fingerprint density at radius 2 is 2.10 bits per heavy atom. The molecule has 0 aliphatic carbocycles.